The van der Waals surface area contributed by atoms with Gasteiger partial charge in [-0.05, 0) is 24.3 Å². The van der Waals surface area contributed by atoms with Crippen molar-refractivity contribution in [2.45, 2.75) is 6.54 Å². The van der Waals surface area contributed by atoms with Gasteiger partial charge in [-0.1, -0.05) is 21.9 Å². The molecule has 0 aliphatic rings. The Labute approximate surface area is 131 Å². The largest absolute Gasteiger partial charge is 0.481 e. The quantitative estimate of drug-likeness (QED) is 0.846. The van der Waals surface area contributed by atoms with Crippen molar-refractivity contribution in [1.29, 1.82) is 0 Å². The van der Waals surface area contributed by atoms with E-state index >= 15 is 0 Å². The van der Waals surface area contributed by atoms with Gasteiger partial charge in [0.15, 0.2) is 0 Å². The van der Waals surface area contributed by atoms with E-state index < -0.39 is 0 Å². The molecule has 0 saturated heterocycles. The maximum Gasteiger partial charge on any atom is 0.250 e. The molecule has 0 atom stereocenters. The van der Waals surface area contributed by atoms with Crippen LogP contribution >= 0.6 is 15.9 Å². The Bertz CT molecular complexity index is 732. The van der Waals surface area contributed by atoms with Gasteiger partial charge in [-0.2, -0.15) is 0 Å². The standard InChI is InChI=1S/C16H15BrN2O2/c1-3-8-21-15-6-4-13(17)9-12(15)10-18-14-5-7-16(20)19(2)11-14/h1,4-7,9,11,18H,8,10H2,2H3. The van der Waals surface area contributed by atoms with E-state index in [9.17, 15) is 4.79 Å². The van der Waals surface area contributed by atoms with E-state index in [2.05, 4.69) is 27.2 Å². The molecule has 0 amide bonds. The Morgan fingerprint density at radius 2 is 2.19 bits per heavy atom. The fourth-order valence-corrected chi connectivity index (χ4v) is 2.25. The summed E-state index contributed by atoms with van der Waals surface area (Å²) in [5.74, 6) is 3.20. The minimum absolute atomic E-state index is 0.0407. The molecule has 0 fully saturated rings. The first-order valence-electron chi connectivity index (χ1n) is 6.35. The van der Waals surface area contributed by atoms with Crippen molar-refractivity contribution in [3.8, 4) is 18.1 Å². The highest BCUT2D eigenvalue weighted by molar-refractivity contribution is 9.10. The van der Waals surface area contributed by atoms with E-state index in [1.807, 2.05) is 18.2 Å². The Kier molecular flexibility index (Phi) is 5.07. The number of aryl methyl sites for hydroxylation is 1. The van der Waals surface area contributed by atoms with Crippen LogP contribution in [0.5, 0.6) is 5.75 Å². The first-order valence-corrected chi connectivity index (χ1v) is 7.14. The molecule has 2 aromatic rings. The number of nitrogens with zero attached hydrogens (tertiary/aromatic N) is 1. The zero-order valence-electron chi connectivity index (χ0n) is 11.6. The Hall–Kier alpha value is -2.19. The molecule has 108 valence electrons. The monoisotopic (exact) mass is 346 g/mol. The van der Waals surface area contributed by atoms with E-state index in [-0.39, 0.29) is 12.2 Å². The lowest BCUT2D eigenvalue weighted by Crippen LogP contribution is -2.15. The summed E-state index contributed by atoms with van der Waals surface area (Å²) in [7, 11) is 1.72. The van der Waals surface area contributed by atoms with E-state index in [0.29, 0.717) is 6.54 Å². The van der Waals surface area contributed by atoms with Gasteiger partial charge in [-0.15, -0.1) is 6.42 Å². The van der Waals surface area contributed by atoms with Crippen LogP contribution in [0.25, 0.3) is 0 Å². The lowest BCUT2D eigenvalue weighted by Gasteiger charge is -2.12. The van der Waals surface area contributed by atoms with E-state index in [1.54, 1.807) is 19.3 Å². The van der Waals surface area contributed by atoms with Gasteiger partial charge in [0, 0.05) is 35.9 Å². The van der Waals surface area contributed by atoms with Crippen molar-refractivity contribution < 1.29 is 4.74 Å². The summed E-state index contributed by atoms with van der Waals surface area (Å²) in [4.78, 5) is 11.4. The molecule has 0 bridgehead atoms. The molecule has 2 rings (SSSR count). The number of hydrogen-bond donors (Lipinski definition) is 1. The number of anilines is 1. The van der Waals surface area contributed by atoms with Crippen molar-refractivity contribution in [1.82, 2.24) is 4.57 Å². The van der Waals surface area contributed by atoms with Crippen LogP contribution in [0, 0.1) is 12.3 Å². The molecular formula is C16H15BrN2O2. The van der Waals surface area contributed by atoms with Crippen LogP contribution in [-0.2, 0) is 13.6 Å². The molecule has 5 heteroatoms. The van der Waals surface area contributed by atoms with Crippen molar-refractivity contribution >= 4 is 21.6 Å². The summed E-state index contributed by atoms with van der Waals surface area (Å²) in [5.41, 5.74) is 1.80. The van der Waals surface area contributed by atoms with Crippen molar-refractivity contribution in [2.24, 2.45) is 7.05 Å². The highest BCUT2D eigenvalue weighted by atomic mass is 79.9. The SMILES string of the molecule is C#CCOc1ccc(Br)cc1CNc1ccc(=O)n(C)c1. The van der Waals surface area contributed by atoms with Crippen LogP contribution in [-0.4, -0.2) is 11.2 Å². The smallest absolute Gasteiger partial charge is 0.250 e. The molecule has 1 heterocycles. The first-order chi connectivity index (χ1) is 10.1. The summed E-state index contributed by atoms with van der Waals surface area (Å²) >= 11 is 3.44. The number of pyridine rings is 1. The van der Waals surface area contributed by atoms with Crippen molar-refractivity contribution in [2.75, 3.05) is 11.9 Å². The number of aromatic nitrogens is 1. The van der Waals surface area contributed by atoms with Crippen LogP contribution in [0.1, 0.15) is 5.56 Å². The number of benzene rings is 1. The molecule has 0 saturated carbocycles. The summed E-state index contributed by atoms with van der Waals surface area (Å²) in [6.07, 6.45) is 6.97. The molecule has 0 aliphatic carbocycles. The van der Waals surface area contributed by atoms with Gasteiger partial charge in [0.25, 0.3) is 0 Å². The maximum absolute atomic E-state index is 11.4. The third-order valence-electron chi connectivity index (χ3n) is 2.90. The number of halogens is 1. The van der Waals surface area contributed by atoms with Crippen LogP contribution in [0.4, 0.5) is 5.69 Å². The molecule has 1 aromatic carbocycles. The van der Waals surface area contributed by atoms with Crippen LogP contribution in [0.3, 0.4) is 0 Å². The normalized spacial score (nSPS) is 9.95. The summed E-state index contributed by atoms with van der Waals surface area (Å²) < 4.78 is 8.01. The predicted molar refractivity (Wildman–Crippen MR) is 87.5 cm³/mol. The number of rotatable bonds is 5. The second-order valence-corrected chi connectivity index (χ2v) is 5.38. The van der Waals surface area contributed by atoms with Crippen molar-refractivity contribution in [3.05, 3.63) is 56.9 Å². The summed E-state index contributed by atoms with van der Waals surface area (Å²) in [6, 6.07) is 9.03. The minimum Gasteiger partial charge on any atom is -0.481 e. The molecule has 1 N–H and O–H groups in total. The van der Waals surface area contributed by atoms with Gasteiger partial charge >= 0.3 is 0 Å². The molecule has 4 nitrogen and oxygen atoms in total. The van der Waals surface area contributed by atoms with E-state index in [0.717, 1.165) is 21.5 Å². The van der Waals surface area contributed by atoms with Gasteiger partial charge < -0.3 is 14.6 Å². The van der Waals surface area contributed by atoms with E-state index in [1.165, 1.54) is 10.6 Å². The number of ether oxygens (including phenoxy) is 1. The molecule has 1 aromatic heterocycles. The zero-order chi connectivity index (χ0) is 15.2. The maximum atomic E-state index is 11.4. The third-order valence-corrected chi connectivity index (χ3v) is 3.40. The van der Waals surface area contributed by atoms with Gasteiger partial charge in [-0.25, -0.2) is 0 Å². The second kappa shape index (κ2) is 7.00. The minimum atomic E-state index is -0.0407. The fraction of sp³-hybridized carbons (Fsp3) is 0.188. The molecule has 0 radical (unpaired) electrons. The lowest BCUT2D eigenvalue weighted by atomic mass is 10.2. The average molecular weight is 347 g/mol. The highest BCUT2D eigenvalue weighted by Gasteiger charge is 2.05. The van der Waals surface area contributed by atoms with Gasteiger partial charge in [0.05, 0.1) is 5.69 Å². The molecule has 0 aliphatic heterocycles. The molecule has 0 unspecified atom stereocenters. The highest BCUT2D eigenvalue weighted by Crippen LogP contribution is 2.24. The predicted octanol–water partition coefficient (Wildman–Crippen LogP) is 2.77. The number of hydrogen-bond acceptors (Lipinski definition) is 3. The third kappa shape index (κ3) is 4.14. The lowest BCUT2D eigenvalue weighted by molar-refractivity contribution is 0.366. The first kappa shape index (κ1) is 15.2. The van der Waals surface area contributed by atoms with Crippen LogP contribution < -0.4 is 15.6 Å². The number of terminal acetylenes is 1. The van der Waals surface area contributed by atoms with Gasteiger partial charge in [-0.3, -0.25) is 4.79 Å². The van der Waals surface area contributed by atoms with Crippen molar-refractivity contribution in [3.63, 3.8) is 0 Å². The Morgan fingerprint density at radius 3 is 2.90 bits per heavy atom. The van der Waals surface area contributed by atoms with Crippen LogP contribution in [0.2, 0.25) is 0 Å². The van der Waals surface area contributed by atoms with Gasteiger partial charge in [0.1, 0.15) is 12.4 Å². The van der Waals surface area contributed by atoms with Crippen LogP contribution in [0.15, 0.2) is 45.8 Å². The zero-order valence-corrected chi connectivity index (χ0v) is 13.2. The number of nitrogens with one attached hydrogen (secondary N) is 1. The molecule has 0 spiro atoms. The average Bonchev–Trinajstić information content (AvgIpc) is 2.47. The molecule has 21 heavy (non-hydrogen) atoms. The van der Waals surface area contributed by atoms with Gasteiger partial charge in [0.2, 0.25) is 5.56 Å². The fourth-order valence-electron chi connectivity index (χ4n) is 1.84. The Balaban J connectivity index is 2.14. The second-order valence-electron chi connectivity index (χ2n) is 4.47. The topological polar surface area (TPSA) is 43.3 Å². The summed E-state index contributed by atoms with van der Waals surface area (Å²) in [6.45, 7) is 0.798. The molecular weight excluding hydrogens is 332 g/mol. The Morgan fingerprint density at radius 1 is 1.38 bits per heavy atom. The van der Waals surface area contributed by atoms with E-state index in [4.69, 9.17) is 11.2 Å². The summed E-state index contributed by atoms with van der Waals surface area (Å²) in [5, 5.41) is 3.26.